The highest BCUT2D eigenvalue weighted by atomic mass is 19.1. The van der Waals surface area contributed by atoms with Gasteiger partial charge < -0.3 is 29.0 Å². The number of pyridine rings is 1. The summed E-state index contributed by atoms with van der Waals surface area (Å²) in [5.74, 6) is -0.916. The number of rotatable bonds is 5. The Morgan fingerprint density at radius 2 is 1.90 bits per heavy atom. The van der Waals surface area contributed by atoms with Crippen LogP contribution in [-0.4, -0.2) is 80.6 Å². The molecular formula is C28H32FN7O4. The van der Waals surface area contributed by atoms with Gasteiger partial charge in [0.2, 0.25) is 0 Å². The van der Waals surface area contributed by atoms with Gasteiger partial charge in [-0.05, 0) is 39.8 Å². The predicted molar refractivity (Wildman–Crippen MR) is 147 cm³/mol. The highest BCUT2D eigenvalue weighted by Gasteiger charge is 2.29. The molecule has 0 aliphatic carbocycles. The van der Waals surface area contributed by atoms with Gasteiger partial charge in [0.05, 0.1) is 30.1 Å². The Bertz CT molecular complexity index is 1610. The second-order valence-corrected chi connectivity index (χ2v) is 11.3. The van der Waals surface area contributed by atoms with E-state index in [2.05, 4.69) is 15.2 Å². The smallest absolute Gasteiger partial charge is 0.410 e. The number of carbonyl (C=O) groups is 2. The Morgan fingerprint density at radius 1 is 1.15 bits per heavy atom. The molecule has 4 aromatic rings. The molecule has 0 radical (unpaired) electrons. The number of nitrogens with zero attached hydrogens (tertiary/aromatic N) is 6. The minimum Gasteiger partial charge on any atom is -0.444 e. The molecule has 210 valence electrons. The van der Waals surface area contributed by atoms with Crippen molar-refractivity contribution >= 4 is 39.9 Å². The van der Waals surface area contributed by atoms with E-state index in [1.54, 1.807) is 39.4 Å². The zero-order valence-electron chi connectivity index (χ0n) is 23.0. The van der Waals surface area contributed by atoms with Gasteiger partial charge in [0.15, 0.2) is 11.5 Å². The van der Waals surface area contributed by atoms with E-state index in [0.717, 1.165) is 11.1 Å². The van der Waals surface area contributed by atoms with Crippen molar-refractivity contribution in [2.45, 2.75) is 45.9 Å². The molecule has 0 saturated carbocycles. The van der Waals surface area contributed by atoms with E-state index in [1.165, 1.54) is 6.07 Å². The molecule has 2 amide bonds. The van der Waals surface area contributed by atoms with E-state index in [-0.39, 0.29) is 17.8 Å². The minimum absolute atomic E-state index is 0.112. The second kappa shape index (κ2) is 9.77. The maximum Gasteiger partial charge on any atom is 0.410 e. The van der Waals surface area contributed by atoms with E-state index in [9.17, 15) is 14.0 Å². The summed E-state index contributed by atoms with van der Waals surface area (Å²) in [6.45, 7) is 10.9. The number of carbonyl (C=O) groups excluding carboxylic acids is 2. The van der Waals surface area contributed by atoms with Crippen molar-refractivity contribution in [1.29, 1.82) is 0 Å². The molecular weight excluding hydrogens is 517 g/mol. The van der Waals surface area contributed by atoms with Gasteiger partial charge in [-0.3, -0.25) is 9.48 Å². The van der Waals surface area contributed by atoms with Crippen LogP contribution < -0.4 is 10.2 Å². The van der Waals surface area contributed by atoms with E-state index in [4.69, 9.17) is 14.6 Å². The van der Waals surface area contributed by atoms with E-state index < -0.39 is 17.3 Å². The van der Waals surface area contributed by atoms with Crippen LogP contribution in [0.15, 0.2) is 36.8 Å². The van der Waals surface area contributed by atoms with Crippen LogP contribution in [0.25, 0.3) is 16.6 Å². The summed E-state index contributed by atoms with van der Waals surface area (Å²) >= 11 is 0. The van der Waals surface area contributed by atoms with Gasteiger partial charge >= 0.3 is 6.09 Å². The summed E-state index contributed by atoms with van der Waals surface area (Å²) in [7, 11) is 0. The van der Waals surface area contributed by atoms with Crippen LogP contribution in [0.5, 0.6) is 0 Å². The number of nitrogens with one attached hydrogen (secondary N) is 1. The lowest BCUT2D eigenvalue weighted by molar-refractivity contribution is 0.0240. The van der Waals surface area contributed by atoms with Crippen LogP contribution in [0.2, 0.25) is 0 Å². The van der Waals surface area contributed by atoms with Gasteiger partial charge in [0.25, 0.3) is 5.91 Å². The first-order chi connectivity index (χ1) is 19.0. The number of imidazole rings is 1. The highest BCUT2D eigenvalue weighted by molar-refractivity contribution is 6.14. The molecule has 2 saturated heterocycles. The largest absolute Gasteiger partial charge is 0.444 e. The number of piperazine rings is 1. The number of amides is 2. The molecule has 2 aliphatic rings. The highest BCUT2D eigenvalue weighted by Crippen LogP contribution is 2.31. The molecule has 1 unspecified atom stereocenters. The van der Waals surface area contributed by atoms with Crippen LogP contribution in [-0.2, 0) is 16.0 Å². The van der Waals surface area contributed by atoms with Gasteiger partial charge in [-0.1, -0.05) is 0 Å². The van der Waals surface area contributed by atoms with E-state index in [1.807, 2.05) is 33.0 Å². The molecule has 11 nitrogen and oxygen atoms in total. The first kappa shape index (κ1) is 26.1. The van der Waals surface area contributed by atoms with Crippen LogP contribution in [0.3, 0.4) is 0 Å². The van der Waals surface area contributed by atoms with Crippen LogP contribution in [0.4, 0.5) is 20.6 Å². The average Bonchev–Trinajstić information content (AvgIpc) is 3.46. The standard InChI is InChI=1S/C28H32FN7O4/c1-17-12-35-13-18(11-22(29)25(35)30-17)31-26(37)20-5-6-23(21-15-36(32-24(20)21)14-19-16-39-19)33-7-9-34(10-8-33)27(38)40-28(2,3)4/h5-6,11-13,15,19H,7-10,14,16H2,1-4H3,(H,31,37). The molecule has 0 bridgehead atoms. The van der Waals surface area contributed by atoms with Gasteiger partial charge in [-0.2, -0.15) is 5.10 Å². The third kappa shape index (κ3) is 5.31. The van der Waals surface area contributed by atoms with Gasteiger partial charge in [-0.25, -0.2) is 14.2 Å². The number of fused-ring (bicyclic) bond motifs is 2. The third-order valence-electron chi connectivity index (χ3n) is 6.89. The summed E-state index contributed by atoms with van der Waals surface area (Å²) in [6, 6.07) is 4.91. The number of hydrogen-bond acceptors (Lipinski definition) is 7. The molecule has 3 aromatic heterocycles. The molecule has 12 heteroatoms. The van der Waals surface area contributed by atoms with E-state index in [0.29, 0.717) is 61.8 Å². The first-order valence-electron chi connectivity index (χ1n) is 13.3. The number of hydrogen-bond donors (Lipinski definition) is 1. The fourth-order valence-corrected chi connectivity index (χ4v) is 4.98. The van der Waals surface area contributed by atoms with Gasteiger partial charge in [0, 0.05) is 61.9 Å². The Kier molecular flexibility index (Phi) is 6.37. The van der Waals surface area contributed by atoms with Crippen LogP contribution in [0.1, 0.15) is 36.8 Å². The molecule has 6 rings (SSSR count). The number of benzene rings is 1. The summed E-state index contributed by atoms with van der Waals surface area (Å²) in [5.41, 5.74) is 2.50. The molecule has 0 spiro atoms. The average molecular weight is 550 g/mol. The summed E-state index contributed by atoms with van der Waals surface area (Å²) in [6.07, 6.45) is 5.06. The van der Waals surface area contributed by atoms with E-state index >= 15 is 0 Å². The lowest BCUT2D eigenvalue weighted by Crippen LogP contribution is -2.50. The van der Waals surface area contributed by atoms with Crippen LogP contribution in [0, 0.1) is 12.7 Å². The zero-order valence-corrected chi connectivity index (χ0v) is 23.0. The van der Waals surface area contributed by atoms with Gasteiger partial charge in [-0.15, -0.1) is 0 Å². The van der Waals surface area contributed by atoms with Gasteiger partial charge in [0.1, 0.15) is 17.2 Å². The predicted octanol–water partition coefficient (Wildman–Crippen LogP) is 3.84. The topological polar surface area (TPSA) is 110 Å². The fourth-order valence-electron chi connectivity index (χ4n) is 4.98. The SMILES string of the molecule is Cc1cn2cc(NC(=O)c3ccc(N4CCN(C(=O)OC(C)(C)C)CC4)c4cn(CC5CO5)nc34)cc(F)c2n1. The Balaban J connectivity index is 1.27. The van der Waals surface area contributed by atoms with Crippen LogP contribution >= 0.6 is 0 Å². The zero-order chi connectivity index (χ0) is 28.2. The first-order valence-corrected chi connectivity index (χ1v) is 13.3. The fraction of sp³-hybridized carbons (Fsp3) is 0.429. The monoisotopic (exact) mass is 549 g/mol. The maximum atomic E-state index is 14.6. The lowest BCUT2D eigenvalue weighted by atomic mass is 10.1. The molecule has 1 N–H and O–H groups in total. The number of halogens is 1. The van der Waals surface area contributed by atoms with Crippen molar-refractivity contribution in [3.8, 4) is 0 Å². The molecule has 1 atom stereocenters. The molecule has 40 heavy (non-hydrogen) atoms. The quantitative estimate of drug-likeness (QED) is 0.377. The molecule has 5 heterocycles. The summed E-state index contributed by atoms with van der Waals surface area (Å²) in [5, 5.41) is 8.38. The number of anilines is 2. The number of epoxide rings is 1. The molecule has 2 aliphatic heterocycles. The van der Waals surface area contributed by atoms with Crippen molar-refractivity contribution in [2.24, 2.45) is 0 Å². The lowest BCUT2D eigenvalue weighted by Gasteiger charge is -2.37. The Labute approximate surface area is 230 Å². The number of aryl methyl sites for hydroxylation is 1. The maximum absolute atomic E-state index is 14.6. The van der Waals surface area contributed by atoms with Crippen molar-refractivity contribution in [1.82, 2.24) is 24.1 Å². The Morgan fingerprint density at radius 3 is 2.60 bits per heavy atom. The van der Waals surface area contributed by atoms with Crippen molar-refractivity contribution < 1.29 is 23.5 Å². The van der Waals surface area contributed by atoms with Crippen molar-refractivity contribution in [2.75, 3.05) is 43.0 Å². The summed E-state index contributed by atoms with van der Waals surface area (Å²) in [4.78, 5) is 34.0. The minimum atomic E-state index is -0.550. The van der Waals surface area contributed by atoms with Crippen molar-refractivity contribution in [3.63, 3.8) is 0 Å². The number of ether oxygens (including phenoxy) is 2. The summed E-state index contributed by atoms with van der Waals surface area (Å²) < 4.78 is 28.9. The van der Waals surface area contributed by atoms with Crippen molar-refractivity contribution in [3.05, 3.63) is 53.9 Å². The number of aromatic nitrogens is 4. The molecule has 2 fully saturated rings. The third-order valence-corrected chi connectivity index (χ3v) is 6.89. The normalized spacial score (nSPS) is 17.5. The Hall–Kier alpha value is -4.19. The second-order valence-electron chi connectivity index (χ2n) is 11.3. The molecule has 1 aromatic carbocycles.